The number of carbonyl (C=O) groups is 2. The van der Waals surface area contributed by atoms with Crippen LogP contribution in [-0.2, 0) is 9.59 Å². The van der Waals surface area contributed by atoms with Gasteiger partial charge in [0.1, 0.15) is 0 Å². The average Bonchev–Trinajstić information content (AvgIpc) is 2.95. The number of hydrogen-bond acceptors (Lipinski definition) is 6. The number of methoxy groups -OCH3 is 3. The van der Waals surface area contributed by atoms with E-state index in [1.807, 2.05) is 13.8 Å². The van der Waals surface area contributed by atoms with Gasteiger partial charge in [0.2, 0.25) is 5.75 Å². The lowest BCUT2D eigenvalue weighted by Gasteiger charge is -2.37. The lowest BCUT2D eigenvalue weighted by atomic mass is 9.73. The Hall–Kier alpha value is -3.69. The molecule has 0 bridgehead atoms. The third kappa shape index (κ3) is 4.36. The molecular weight excluding hydrogens is 477 g/mol. The van der Waals surface area contributed by atoms with E-state index in [1.165, 1.54) is 39.5 Å². The third-order valence-electron chi connectivity index (χ3n) is 6.36. The van der Waals surface area contributed by atoms with Crippen molar-refractivity contribution in [2.45, 2.75) is 38.9 Å². The predicted octanol–water partition coefficient (Wildman–Crippen LogP) is 5.42. The first-order valence-corrected chi connectivity index (χ1v) is 11.2. The number of allylic oxidation sites excluding steroid dienone is 1. The Morgan fingerprint density at radius 1 is 1.03 bits per heavy atom. The summed E-state index contributed by atoms with van der Waals surface area (Å²) in [5.74, 6) is -1.85. The van der Waals surface area contributed by atoms with E-state index in [4.69, 9.17) is 14.2 Å². The molecule has 2 aliphatic rings. The number of Topliss-reactive ketones (excluding diaryl/α,β-unsaturated/α-hetero) is 1. The zero-order chi connectivity index (χ0) is 26.4. The number of benzene rings is 2. The van der Waals surface area contributed by atoms with E-state index in [2.05, 4.69) is 5.32 Å². The van der Waals surface area contributed by atoms with Crippen LogP contribution in [0.15, 0.2) is 47.7 Å². The summed E-state index contributed by atoms with van der Waals surface area (Å²) in [4.78, 5) is 27.2. The minimum absolute atomic E-state index is 0.00131. The predicted molar refractivity (Wildman–Crippen MR) is 127 cm³/mol. The van der Waals surface area contributed by atoms with E-state index in [9.17, 15) is 22.8 Å². The molecule has 0 saturated heterocycles. The number of ether oxygens (including phenoxy) is 3. The van der Waals surface area contributed by atoms with Gasteiger partial charge < -0.3 is 19.5 Å². The van der Waals surface area contributed by atoms with Crippen LogP contribution in [0.2, 0.25) is 0 Å². The first kappa shape index (κ1) is 25.4. The van der Waals surface area contributed by atoms with Crippen molar-refractivity contribution in [2.75, 3.05) is 31.5 Å². The van der Waals surface area contributed by atoms with Crippen LogP contribution in [0, 0.1) is 5.41 Å². The van der Waals surface area contributed by atoms with E-state index in [-0.39, 0.29) is 46.3 Å². The topological polar surface area (TPSA) is 77.1 Å². The Kier molecular flexibility index (Phi) is 6.40. The van der Waals surface area contributed by atoms with E-state index in [0.29, 0.717) is 22.7 Å². The summed E-state index contributed by atoms with van der Waals surface area (Å²) in [7, 11) is 4.16. The molecule has 1 aliphatic carbocycles. The maximum absolute atomic E-state index is 14.0. The Bertz CT molecular complexity index is 1230. The molecule has 36 heavy (non-hydrogen) atoms. The van der Waals surface area contributed by atoms with Gasteiger partial charge >= 0.3 is 12.1 Å². The van der Waals surface area contributed by atoms with Gasteiger partial charge in [0.15, 0.2) is 17.3 Å². The number of nitrogens with one attached hydrogen (secondary N) is 1. The van der Waals surface area contributed by atoms with Crippen LogP contribution in [0.5, 0.6) is 17.2 Å². The largest absolute Gasteiger partial charge is 0.493 e. The van der Waals surface area contributed by atoms with Crippen LogP contribution in [0.4, 0.5) is 24.5 Å². The molecule has 4 rings (SSSR count). The molecule has 0 spiro atoms. The van der Waals surface area contributed by atoms with Gasteiger partial charge in [-0.05, 0) is 41.7 Å². The number of alkyl halides is 3. The molecule has 10 heteroatoms. The van der Waals surface area contributed by atoms with E-state index in [0.717, 1.165) is 0 Å². The van der Waals surface area contributed by atoms with E-state index >= 15 is 0 Å². The lowest BCUT2D eigenvalue weighted by molar-refractivity contribution is -0.170. The van der Waals surface area contributed by atoms with Crippen LogP contribution >= 0.6 is 0 Å². The fourth-order valence-electron chi connectivity index (χ4n) is 4.92. The highest BCUT2D eigenvalue weighted by atomic mass is 19.4. The Labute approximate surface area is 206 Å². The molecule has 0 unspecified atom stereocenters. The molecule has 1 N–H and O–H groups in total. The fraction of sp³-hybridized carbons (Fsp3) is 0.385. The second kappa shape index (κ2) is 9.07. The van der Waals surface area contributed by atoms with Gasteiger partial charge in [0.25, 0.3) is 0 Å². The van der Waals surface area contributed by atoms with Gasteiger partial charge in [-0.3, -0.25) is 14.5 Å². The van der Waals surface area contributed by atoms with Gasteiger partial charge in [-0.25, -0.2) is 0 Å². The lowest BCUT2D eigenvalue weighted by Crippen LogP contribution is -2.45. The molecule has 0 saturated carbocycles. The number of fused-ring (bicyclic) bond motifs is 1. The minimum atomic E-state index is -5.20. The molecule has 0 fully saturated rings. The number of hydrogen-bond donors (Lipinski definition) is 1. The van der Waals surface area contributed by atoms with Gasteiger partial charge in [-0.1, -0.05) is 26.0 Å². The zero-order valence-electron chi connectivity index (χ0n) is 20.6. The first-order valence-electron chi connectivity index (χ1n) is 11.2. The van der Waals surface area contributed by atoms with Crippen LogP contribution in [0.25, 0.3) is 0 Å². The van der Waals surface area contributed by atoms with Crippen LogP contribution in [0.1, 0.15) is 38.3 Å². The van der Waals surface area contributed by atoms with Crippen molar-refractivity contribution in [1.29, 1.82) is 0 Å². The smallest absolute Gasteiger partial charge is 0.471 e. The molecule has 2 aromatic carbocycles. The van der Waals surface area contributed by atoms with E-state index in [1.54, 1.807) is 18.2 Å². The summed E-state index contributed by atoms with van der Waals surface area (Å²) in [6.07, 6.45) is -4.69. The molecule has 2 aromatic rings. The highest BCUT2D eigenvalue weighted by Gasteiger charge is 2.50. The highest BCUT2D eigenvalue weighted by molar-refractivity contribution is 6.07. The Morgan fingerprint density at radius 3 is 2.19 bits per heavy atom. The second-order valence-electron chi connectivity index (χ2n) is 9.51. The number of carbonyl (C=O) groups excluding carboxylic acids is 2. The van der Waals surface area contributed by atoms with Crippen LogP contribution in [0.3, 0.4) is 0 Å². The van der Waals surface area contributed by atoms with Gasteiger partial charge in [0, 0.05) is 17.7 Å². The van der Waals surface area contributed by atoms with Gasteiger partial charge in [-0.15, -0.1) is 0 Å². The Morgan fingerprint density at radius 2 is 1.64 bits per heavy atom. The molecule has 0 aromatic heterocycles. The maximum Gasteiger partial charge on any atom is 0.471 e. The van der Waals surface area contributed by atoms with Crippen molar-refractivity contribution < 1.29 is 37.0 Å². The highest BCUT2D eigenvalue weighted by Crippen LogP contribution is 2.51. The fourth-order valence-corrected chi connectivity index (χ4v) is 4.92. The van der Waals surface area contributed by atoms with Crippen molar-refractivity contribution in [3.63, 3.8) is 0 Å². The summed E-state index contributed by atoms with van der Waals surface area (Å²) >= 11 is 0. The normalized spacial score (nSPS) is 19.1. The van der Waals surface area contributed by atoms with Crippen molar-refractivity contribution in [3.8, 4) is 17.2 Å². The number of ketones is 1. The molecule has 1 amide bonds. The molecule has 1 aliphatic heterocycles. The quantitative estimate of drug-likeness (QED) is 0.600. The molecule has 0 radical (unpaired) electrons. The summed E-state index contributed by atoms with van der Waals surface area (Å²) < 4.78 is 58.3. The zero-order valence-corrected chi connectivity index (χ0v) is 20.6. The van der Waals surface area contributed by atoms with Crippen molar-refractivity contribution in [1.82, 2.24) is 0 Å². The minimum Gasteiger partial charge on any atom is -0.493 e. The Balaban J connectivity index is 2.09. The van der Waals surface area contributed by atoms with Gasteiger partial charge in [0.05, 0.1) is 38.7 Å². The maximum atomic E-state index is 14.0. The monoisotopic (exact) mass is 504 g/mol. The molecule has 1 heterocycles. The first-order chi connectivity index (χ1) is 16.9. The van der Waals surface area contributed by atoms with Crippen LogP contribution < -0.4 is 24.4 Å². The second-order valence-corrected chi connectivity index (χ2v) is 9.51. The number of rotatable bonds is 4. The standard InChI is InChI=1S/C26H27F3N2O5/c1-25(2)12-16-21(18(32)13-25)22(14-10-19(34-3)23(36-5)20(11-14)35-4)31(24(33)26(27,28)29)17-9-7-6-8-15(17)30-16/h6-11,22,30H,12-13H2,1-5H3/t22-/m1/s1. The summed E-state index contributed by atoms with van der Waals surface area (Å²) in [6.45, 7) is 3.83. The summed E-state index contributed by atoms with van der Waals surface area (Å²) in [5.41, 5.74) is 0.640. The molecule has 1 atom stereocenters. The number of halogens is 3. The third-order valence-corrected chi connectivity index (χ3v) is 6.36. The number of para-hydroxylation sites is 2. The van der Waals surface area contributed by atoms with E-state index < -0.39 is 23.5 Å². The van der Waals surface area contributed by atoms with Crippen molar-refractivity contribution in [3.05, 3.63) is 53.2 Å². The summed E-state index contributed by atoms with van der Waals surface area (Å²) in [5, 5.41) is 3.17. The molecular formula is C26H27F3N2O5. The number of nitrogens with zero attached hydrogens (tertiary/aromatic N) is 1. The van der Waals surface area contributed by atoms with Crippen LogP contribution in [-0.4, -0.2) is 39.2 Å². The van der Waals surface area contributed by atoms with Crippen molar-refractivity contribution in [2.24, 2.45) is 5.41 Å². The molecule has 7 nitrogen and oxygen atoms in total. The van der Waals surface area contributed by atoms with Crippen molar-refractivity contribution >= 4 is 23.1 Å². The summed E-state index contributed by atoms with van der Waals surface area (Å²) in [6, 6.07) is 7.73. The SMILES string of the molecule is COc1cc([C@@H]2C3=C(CC(C)(C)CC3=O)Nc3ccccc3N2C(=O)C(F)(F)F)cc(OC)c1OC. The molecule has 192 valence electrons. The number of anilines is 2. The van der Waals surface area contributed by atoms with Gasteiger partial charge in [-0.2, -0.15) is 13.2 Å². The average molecular weight is 505 g/mol. The number of amides is 1.